The Morgan fingerprint density at radius 1 is 1.13 bits per heavy atom. The van der Waals surface area contributed by atoms with Crippen molar-refractivity contribution >= 4 is 5.91 Å². The number of likely N-dealkylation sites (N-methyl/N-ethyl adjacent to an activating group) is 1. The Morgan fingerprint density at radius 3 is 2.61 bits per heavy atom. The third kappa shape index (κ3) is 3.65. The molecular formula is C19H21NO3. The number of rotatable bonds is 4. The number of benzene rings is 2. The van der Waals surface area contributed by atoms with Gasteiger partial charge in [-0.15, -0.1) is 0 Å². The number of carbonyl (C=O) groups excluding carboxylic acids is 1. The van der Waals surface area contributed by atoms with Crippen LogP contribution in [0.2, 0.25) is 0 Å². The van der Waals surface area contributed by atoms with Gasteiger partial charge in [0.25, 0.3) is 0 Å². The van der Waals surface area contributed by atoms with E-state index < -0.39 is 0 Å². The van der Waals surface area contributed by atoms with Gasteiger partial charge in [-0.05, 0) is 30.2 Å². The molecular weight excluding hydrogens is 290 g/mol. The number of amides is 1. The van der Waals surface area contributed by atoms with Crippen molar-refractivity contribution in [3.05, 3.63) is 59.7 Å². The molecule has 1 unspecified atom stereocenters. The van der Waals surface area contributed by atoms with Gasteiger partial charge in [0.05, 0.1) is 13.0 Å². The molecule has 4 heteroatoms. The Morgan fingerprint density at radius 2 is 1.83 bits per heavy atom. The number of carbonyl (C=O) groups is 1. The number of aryl methyl sites for hydroxylation is 1. The Balaban J connectivity index is 1.58. The zero-order chi connectivity index (χ0) is 16.2. The van der Waals surface area contributed by atoms with E-state index in [1.54, 1.807) is 4.90 Å². The Hall–Kier alpha value is -2.49. The van der Waals surface area contributed by atoms with Crippen LogP contribution in [0, 0.1) is 6.92 Å². The second-order valence-electron chi connectivity index (χ2n) is 5.88. The van der Waals surface area contributed by atoms with E-state index in [0.717, 1.165) is 22.6 Å². The minimum atomic E-state index is -0.143. The van der Waals surface area contributed by atoms with Crippen LogP contribution in [0.1, 0.15) is 11.1 Å². The second kappa shape index (κ2) is 6.73. The third-order valence-electron chi connectivity index (χ3n) is 4.07. The van der Waals surface area contributed by atoms with Crippen molar-refractivity contribution in [1.82, 2.24) is 4.90 Å². The van der Waals surface area contributed by atoms with Crippen LogP contribution < -0.4 is 9.47 Å². The largest absolute Gasteiger partial charge is 0.486 e. The highest BCUT2D eigenvalue weighted by Crippen LogP contribution is 2.30. The Kier molecular flexibility index (Phi) is 4.51. The van der Waals surface area contributed by atoms with Crippen molar-refractivity contribution in [3.63, 3.8) is 0 Å². The molecule has 4 nitrogen and oxygen atoms in total. The smallest absolute Gasteiger partial charge is 0.226 e. The first-order chi connectivity index (χ1) is 11.1. The monoisotopic (exact) mass is 311 g/mol. The maximum atomic E-state index is 12.4. The van der Waals surface area contributed by atoms with E-state index in [-0.39, 0.29) is 12.0 Å². The van der Waals surface area contributed by atoms with Gasteiger partial charge in [-0.3, -0.25) is 4.79 Å². The molecule has 1 atom stereocenters. The number of hydrogen-bond donors (Lipinski definition) is 0. The average molecular weight is 311 g/mol. The highest BCUT2D eigenvalue weighted by molar-refractivity contribution is 5.78. The summed E-state index contributed by atoms with van der Waals surface area (Å²) >= 11 is 0. The number of ether oxygens (including phenoxy) is 2. The predicted octanol–water partition coefficient (Wildman–Crippen LogP) is 2.84. The molecule has 0 aliphatic carbocycles. The van der Waals surface area contributed by atoms with Crippen LogP contribution in [0.4, 0.5) is 0 Å². The van der Waals surface area contributed by atoms with E-state index in [2.05, 4.69) is 0 Å². The maximum Gasteiger partial charge on any atom is 0.226 e. The van der Waals surface area contributed by atoms with Gasteiger partial charge in [-0.2, -0.15) is 0 Å². The van der Waals surface area contributed by atoms with E-state index in [1.165, 1.54) is 0 Å². The number of nitrogens with zero attached hydrogens (tertiary/aromatic N) is 1. The summed E-state index contributed by atoms with van der Waals surface area (Å²) in [5.41, 5.74) is 2.20. The molecule has 0 fully saturated rings. The number of hydrogen-bond acceptors (Lipinski definition) is 3. The first kappa shape index (κ1) is 15.4. The molecule has 3 rings (SSSR count). The SMILES string of the molecule is Cc1ccccc1CC(=O)N(C)CC1COc2ccccc2O1. The van der Waals surface area contributed by atoms with Crippen LogP contribution in [0.5, 0.6) is 11.5 Å². The van der Waals surface area contributed by atoms with Gasteiger partial charge in [0.1, 0.15) is 6.61 Å². The zero-order valence-electron chi connectivity index (χ0n) is 13.5. The summed E-state index contributed by atoms with van der Waals surface area (Å²) < 4.78 is 11.6. The summed E-state index contributed by atoms with van der Waals surface area (Å²) in [5, 5.41) is 0. The molecule has 0 aromatic heterocycles. The lowest BCUT2D eigenvalue weighted by atomic mass is 10.1. The average Bonchev–Trinajstić information content (AvgIpc) is 2.56. The van der Waals surface area contributed by atoms with Crippen LogP contribution in [-0.2, 0) is 11.2 Å². The topological polar surface area (TPSA) is 38.8 Å². The van der Waals surface area contributed by atoms with Crippen molar-refractivity contribution in [2.75, 3.05) is 20.2 Å². The van der Waals surface area contributed by atoms with Gasteiger partial charge < -0.3 is 14.4 Å². The molecule has 2 aromatic carbocycles. The molecule has 120 valence electrons. The van der Waals surface area contributed by atoms with Gasteiger partial charge in [0.15, 0.2) is 17.6 Å². The van der Waals surface area contributed by atoms with E-state index in [0.29, 0.717) is 19.6 Å². The molecule has 1 amide bonds. The Bertz CT molecular complexity index is 699. The van der Waals surface area contributed by atoms with E-state index >= 15 is 0 Å². The number of fused-ring (bicyclic) bond motifs is 1. The van der Waals surface area contributed by atoms with Crippen LogP contribution in [0.15, 0.2) is 48.5 Å². The van der Waals surface area contributed by atoms with E-state index in [4.69, 9.17) is 9.47 Å². The summed E-state index contributed by atoms with van der Waals surface area (Å²) in [4.78, 5) is 14.1. The van der Waals surface area contributed by atoms with Crippen LogP contribution in [-0.4, -0.2) is 37.1 Å². The maximum absolute atomic E-state index is 12.4. The second-order valence-corrected chi connectivity index (χ2v) is 5.88. The molecule has 0 radical (unpaired) electrons. The minimum absolute atomic E-state index is 0.0850. The summed E-state index contributed by atoms with van der Waals surface area (Å²) in [6.45, 7) is 3.00. The molecule has 23 heavy (non-hydrogen) atoms. The van der Waals surface area contributed by atoms with Crippen molar-refractivity contribution in [3.8, 4) is 11.5 Å². The lowest BCUT2D eigenvalue weighted by molar-refractivity contribution is -0.130. The fourth-order valence-electron chi connectivity index (χ4n) is 2.67. The molecule has 0 saturated carbocycles. The minimum Gasteiger partial charge on any atom is -0.486 e. The van der Waals surface area contributed by atoms with Crippen LogP contribution in [0.25, 0.3) is 0 Å². The molecule has 2 aromatic rings. The molecule has 0 bridgehead atoms. The van der Waals surface area contributed by atoms with E-state index in [1.807, 2.05) is 62.5 Å². The highest BCUT2D eigenvalue weighted by Gasteiger charge is 2.23. The van der Waals surface area contributed by atoms with E-state index in [9.17, 15) is 4.79 Å². The highest BCUT2D eigenvalue weighted by atomic mass is 16.6. The molecule has 1 aliphatic heterocycles. The number of para-hydroxylation sites is 2. The quantitative estimate of drug-likeness (QED) is 0.871. The summed E-state index contributed by atoms with van der Waals surface area (Å²) in [6.07, 6.45) is 0.267. The summed E-state index contributed by atoms with van der Waals surface area (Å²) in [6, 6.07) is 15.6. The van der Waals surface area contributed by atoms with Crippen LogP contribution in [0.3, 0.4) is 0 Å². The summed E-state index contributed by atoms with van der Waals surface area (Å²) in [7, 11) is 1.81. The summed E-state index contributed by atoms with van der Waals surface area (Å²) in [5.74, 6) is 1.59. The molecule has 1 heterocycles. The fraction of sp³-hybridized carbons (Fsp3) is 0.316. The normalized spacial score (nSPS) is 16.0. The van der Waals surface area contributed by atoms with Crippen LogP contribution >= 0.6 is 0 Å². The van der Waals surface area contributed by atoms with Crippen molar-refractivity contribution in [2.45, 2.75) is 19.4 Å². The standard InChI is InChI=1S/C19H21NO3/c1-14-7-3-4-8-15(14)11-19(21)20(2)12-16-13-22-17-9-5-6-10-18(17)23-16/h3-10,16H,11-13H2,1-2H3. The fourth-order valence-corrected chi connectivity index (χ4v) is 2.67. The van der Waals surface area contributed by atoms with Crippen molar-refractivity contribution in [1.29, 1.82) is 0 Å². The van der Waals surface area contributed by atoms with Gasteiger partial charge >= 0.3 is 0 Å². The molecule has 0 N–H and O–H groups in total. The Labute approximate surface area is 136 Å². The van der Waals surface area contributed by atoms with Crippen molar-refractivity contribution < 1.29 is 14.3 Å². The predicted molar refractivity (Wildman–Crippen MR) is 88.9 cm³/mol. The first-order valence-electron chi connectivity index (χ1n) is 7.80. The molecule has 0 saturated heterocycles. The van der Waals surface area contributed by atoms with Crippen molar-refractivity contribution in [2.24, 2.45) is 0 Å². The molecule has 0 spiro atoms. The lowest BCUT2D eigenvalue weighted by Gasteiger charge is -2.29. The van der Waals surface area contributed by atoms with Gasteiger partial charge in [0.2, 0.25) is 5.91 Å². The lowest BCUT2D eigenvalue weighted by Crippen LogP contribution is -2.42. The zero-order valence-corrected chi connectivity index (χ0v) is 13.5. The first-order valence-corrected chi connectivity index (χ1v) is 7.80. The molecule has 1 aliphatic rings. The van der Waals surface area contributed by atoms with Gasteiger partial charge in [-0.25, -0.2) is 0 Å². The van der Waals surface area contributed by atoms with Gasteiger partial charge in [-0.1, -0.05) is 36.4 Å². The third-order valence-corrected chi connectivity index (χ3v) is 4.07. The van der Waals surface area contributed by atoms with Gasteiger partial charge in [0, 0.05) is 7.05 Å².